The third kappa shape index (κ3) is 2.41. The topological polar surface area (TPSA) is 57.9 Å². The van der Waals surface area contributed by atoms with Crippen molar-refractivity contribution in [2.24, 2.45) is 0 Å². The number of fused-ring (bicyclic) bond motifs is 7. The molecule has 2 N–H and O–H groups in total. The lowest BCUT2D eigenvalue weighted by atomic mass is 10.0. The van der Waals surface area contributed by atoms with Gasteiger partial charge in [0.05, 0.1) is 23.2 Å². The molecule has 27 heavy (non-hydrogen) atoms. The molecule has 0 aliphatic rings. The molecule has 0 amide bonds. The van der Waals surface area contributed by atoms with Crippen LogP contribution in [0.4, 0.5) is 0 Å². The van der Waals surface area contributed by atoms with Crippen LogP contribution in [0.3, 0.4) is 0 Å². The Labute approximate surface area is 164 Å². The Morgan fingerprint density at radius 1 is 0.889 bits per heavy atom. The highest BCUT2D eigenvalue weighted by atomic mass is 35.5. The Hall–Kier alpha value is -2.69. The molecule has 0 aliphatic heterocycles. The Morgan fingerprint density at radius 2 is 1.52 bits per heavy atom. The molecule has 5 aromatic rings. The summed E-state index contributed by atoms with van der Waals surface area (Å²) in [6, 6.07) is 13.2. The van der Waals surface area contributed by atoms with E-state index >= 15 is 0 Å². The molecule has 0 bridgehead atoms. The number of ether oxygens (including phenoxy) is 1. The molecular weight excluding hydrogens is 383 g/mol. The molecule has 0 unspecified atom stereocenters. The smallest absolute Gasteiger partial charge is 0.338 e. The molecule has 6 heteroatoms. The van der Waals surface area contributed by atoms with Gasteiger partial charge in [-0.05, 0) is 49.4 Å². The summed E-state index contributed by atoms with van der Waals surface area (Å²) < 4.78 is 5.32. The van der Waals surface area contributed by atoms with Gasteiger partial charge in [-0.3, -0.25) is 0 Å². The van der Waals surface area contributed by atoms with Crippen LogP contribution >= 0.6 is 23.2 Å². The van der Waals surface area contributed by atoms with Crippen molar-refractivity contribution in [1.82, 2.24) is 9.97 Å². The third-order valence-corrected chi connectivity index (χ3v) is 5.33. The minimum absolute atomic E-state index is 0.307. The number of benzene rings is 3. The number of H-pyrrole nitrogens is 2. The lowest BCUT2D eigenvalue weighted by Gasteiger charge is -2.06. The molecule has 5 rings (SSSR count). The van der Waals surface area contributed by atoms with Gasteiger partial charge in [-0.25, -0.2) is 4.79 Å². The number of halogens is 2. The molecule has 3 aromatic carbocycles. The van der Waals surface area contributed by atoms with Gasteiger partial charge < -0.3 is 14.7 Å². The molecule has 0 saturated carbocycles. The highest BCUT2D eigenvalue weighted by molar-refractivity contribution is 6.34. The highest BCUT2D eigenvalue weighted by Gasteiger charge is 2.21. The number of carbonyl (C=O) groups is 1. The molecule has 0 spiro atoms. The molecular formula is C21H14Cl2N2O2. The van der Waals surface area contributed by atoms with Crippen molar-refractivity contribution in [1.29, 1.82) is 0 Å². The van der Waals surface area contributed by atoms with E-state index in [1.54, 1.807) is 6.92 Å². The number of hydrogen-bond donors (Lipinski definition) is 2. The number of aromatic amines is 2. The lowest BCUT2D eigenvalue weighted by molar-refractivity contribution is 0.0529. The van der Waals surface area contributed by atoms with Gasteiger partial charge in [0.1, 0.15) is 0 Å². The standard InChI is InChI=1S/C21H14Cl2N2O2/c1-2-27-21(26)15-9-13-12-7-10(22)3-5-16(12)24-19(13)20-18(15)14-8-11(23)4-6-17(14)25-20/h3-9,24-25H,2H2,1H3. The highest BCUT2D eigenvalue weighted by Crippen LogP contribution is 2.38. The molecule has 2 aromatic heterocycles. The van der Waals surface area contributed by atoms with Gasteiger partial charge >= 0.3 is 5.97 Å². The lowest BCUT2D eigenvalue weighted by Crippen LogP contribution is -2.05. The number of esters is 1. The fourth-order valence-corrected chi connectivity index (χ4v) is 4.09. The average molecular weight is 397 g/mol. The summed E-state index contributed by atoms with van der Waals surface area (Å²) >= 11 is 12.4. The second-order valence-corrected chi connectivity index (χ2v) is 7.32. The maximum Gasteiger partial charge on any atom is 0.338 e. The van der Waals surface area contributed by atoms with E-state index in [4.69, 9.17) is 27.9 Å². The van der Waals surface area contributed by atoms with E-state index in [1.807, 2.05) is 42.5 Å². The van der Waals surface area contributed by atoms with Gasteiger partial charge in [0.15, 0.2) is 0 Å². The van der Waals surface area contributed by atoms with E-state index in [0.29, 0.717) is 22.2 Å². The van der Waals surface area contributed by atoms with Crippen molar-refractivity contribution in [2.45, 2.75) is 6.92 Å². The van der Waals surface area contributed by atoms with Crippen LogP contribution in [-0.2, 0) is 4.74 Å². The first-order chi connectivity index (χ1) is 13.1. The Kier molecular flexibility index (Phi) is 3.61. The number of aromatic nitrogens is 2. The summed E-state index contributed by atoms with van der Waals surface area (Å²) in [6.45, 7) is 2.10. The quantitative estimate of drug-likeness (QED) is 0.337. The van der Waals surface area contributed by atoms with Gasteiger partial charge in [-0.15, -0.1) is 0 Å². The number of nitrogens with one attached hydrogen (secondary N) is 2. The van der Waals surface area contributed by atoms with Crippen molar-refractivity contribution in [3.05, 3.63) is 58.1 Å². The van der Waals surface area contributed by atoms with E-state index in [0.717, 1.165) is 43.6 Å². The van der Waals surface area contributed by atoms with Crippen LogP contribution in [-0.4, -0.2) is 22.5 Å². The summed E-state index contributed by atoms with van der Waals surface area (Å²) in [7, 11) is 0. The zero-order valence-electron chi connectivity index (χ0n) is 14.3. The summed E-state index contributed by atoms with van der Waals surface area (Å²) in [5, 5.41) is 4.82. The molecule has 4 nitrogen and oxygen atoms in total. The summed E-state index contributed by atoms with van der Waals surface area (Å²) in [6.07, 6.45) is 0. The van der Waals surface area contributed by atoms with Crippen molar-refractivity contribution >= 4 is 72.8 Å². The summed E-state index contributed by atoms with van der Waals surface area (Å²) in [4.78, 5) is 19.6. The zero-order chi connectivity index (χ0) is 18.7. The van der Waals surface area contributed by atoms with Crippen LogP contribution in [0.15, 0.2) is 42.5 Å². The van der Waals surface area contributed by atoms with Crippen LogP contribution < -0.4 is 0 Å². The SMILES string of the molecule is CCOC(=O)c1cc2c3cc(Cl)ccc3[nH]c2c2[nH]c3ccc(Cl)cc3c12. The molecule has 0 fully saturated rings. The maximum atomic E-state index is 12.7. The van der Waals surface area contributed by atoms with Crippen molar-refractivity contribution < 1.29 is 9.53 Å². The zero-order valence-corrected chi connectivity index (χ0v) is 15.8. The first kappa shape index (κ1) is 16.5. The maximum absolute atomic E-state index is 12.7. The predicted molar refractivity (Wildman–Crippen MR) is 111 cm³/mol. The molecule has 2 heterocycles. The molecule has 0 radical (unpaired) electrons. The van der Waals surface area contributed by atoms with Crippen LogP contribution in [0.2, 0.25) is 10.0 Å². The number of rotatable bonds is 2. The fraction of sp³-hybridized carbons (Fsp3) is 0.0952. The second-order valence-electron chi connectivity index (χ2n) is 6.45. The normalized spacial score (nSPS) is 11.8. The van der Waals surface area contributed by atoms with E-state index in [-0.39, 0.29) is 5.97 Å². The first-order valence-corrected chi connectivity index (χ1v) is 9.34. The fourth-order valence-electron chi connectivity index (χ4n) is 3.75. The summed E-state index contributed by atoms with van der Waals surface area (Å²) in [5.41, 5.74) is 4.13. The van der Waals surface area contributed by atoms with Crippen LogP contribution in [0.5, 0.6) is 0 Å². The van der Waals surface area contributed by atoms with Gasteiger partial charge in [-0.1, -0.05) is 23.2 Å². The monoisotopic (exact) mass is 396 g/mol. The van der Waals surface area contributed by atoms with E-state index in [2.05, 4.69) is 9.97 Å². The molecule has 0 saturated heterocycles. The van der Waals surface area contributed by atoms with Crippen LogP contribution in [0, 0.1) is 0 Å². The van der Waals surface area contributed by atoms with Crippen LogP contribution in [0.1, 0.15) is 17.3 Å². The molecule has 0 aliphatic carbocycles. The largest absolute Gasteiger partial charge is 0.462 e. The summed E-state index contributed by atoms with van der Waals surface area (Å²) in [5.74, 6) is -0.360. The first-order valence-electron chi connectivity index (χ1n) is 8.59. The van der Waals surface area contributed by atoms with Gasteiger partial charge in [-0.2, -0.15) is 0 Å². The number of hydrogen-bond acceptors (Lipinski definition) is 2. The van der Waals surface area contributed by atoms with Crippen molar-refractivity contribution in [3.63, 3.8) is 0 Å². The second kappa shape index (κ2) is 5.91. The Balaban J connectivity index is 2.02. The number of carbonyl (C=O) groups excluding carboxylic acids is 1. The molecule has 0 atom stereocenters. The van der Waals surface area contributed by atoms with Gasteiger partial charge in [0.2, 0.25) is 0 Å². The predicted octanol–water partition coefficient (Wildman–Crippen LogP) is 6.44. The third-order valence-electron chi connectivity index (χ3n) is 4.86. The van der Waals surface area contributed by atoms with E-state index in [1.165, 1.54) is 0 Å². The minimum atomic E-state index is -0.360. The van der Waals surface area contributed by atoms with E-state index < -0.39 is 0 Å². The van der Waals surface area contributed by atoms with Crippen molar-refractivity contribution in [3.8, 4) is 0 Å². The van der Waals surface area contributed by atoms with E-state index in [9.17, 15) is 4.79 Å². The Bertz CT molecular complexity index is 1380. The average Bonchev–Trinajstić information content (AvgIpc) is 3.19. The Morgan fingerprint density at radius 3 is 2.22 bits per heavy atom. The van der Waals surface area contributed by atoms with Gasteiger partial charge in [0.25, 0.3) is 0 Å². The van der Waals surface area contributed by atoms with Crippen molar-refractivity contribution in [2.75, 3.05) is 6.61 Å². The van der Waals surface area contributed by atoms with Crippen LogP contribution in [0.25, 0.3) is 43.6 Å². The van der Waals surface area contributed by atoms with Gasteiger partial charge in [0, 0.05) is 42.6 Å². The molecule has 134 valence electrons. The minimum Gasteiger partial charge on any atom is -0.462 e.